The molecule has 0 saturated carbocycles. The molecular formula is C18H23N3O2. The van der Waals surface area contributed by atoms with Crippen molar-refractivity contribution in [1.82, 2.24) is 9.97 Å². The molecule has 5 nitrogen and oxygen atoms in total. The Labute approximate surface area is 137 Å². The maximum atomic E-state index is 5.46. The fourth-order valence-corrected chi connectivity index (χ4v) is 3.30. The Morgan fingerprint density at radius 1 is 1.04 bits per heavy atom. The maximum Gasteiger partial charge on any atom is 0.161 e. The van der Waals surface area contributed by atoms with Crippen LogP contribution in [0.3, 0.4) is 0 Å². The van der Waals surface area contributed by atoms with Gasteiger partial charge in [-0.2, -0.15) is 0 Å². The maximum absolute atomic E-state index is 5.46. The Balaban J connectivity index is 2.01. The summed E-state index contributed by atoms with van der Waals surface area (Å²) in [6.45, 7) is 7.08. The van der Waals surface area contributed by atoms with Crippen molar-refractivity contribution in [2.45, 2.75) is 33.2 Å². The van der Waals surface area contributed by atoms with Crippen molar-refractivity contribution >= 4 is 5.82 Å². The fraction of sp³-hybridized carbons (Fsp3) is 0.444. The Bertz CT molecular complexity index is 710. The van der Waals surface area contributed by atoms with E-state index in [2.05, 4.69) is 40.0 Å². The lowest BCUT2D eigenvalue weighted by Crippen LogP contribution is -2.34. The van der Waals surface area contributed by atoms with Gasteiger partial charge in [-0.25, -0.2) is 9.97 Å². The van der Waals surface area contributed by atoms with Gasteiger partial charge in [0.1, 0.15) is 11.6 Å². The molecule has 3 rings (SSSR count). The number of benzene rings is 1. The third-order valence-corrected chi connectivity index (χ3v) is 4.43. The Morgan fingerprint density at radius 3 is 2.39 bits per heavy atom. The van der Waals surface area contributed by atoms with Gasteiger partial charge in [-0.3, -0.25) is 0 Å². The molecule has 2 aromatic rings. The fourth-order valence-electron chi connectivity index (χ4n) is 3.30. The van der Waals surface area contributed by atoms with Gasteiger partial charge in [-0.05, 0) is 50.5 Å². The van der Waals surface area contributed by atoms with Crippen molar-refractivity contribution in [3.8, 4) is 11.5 Å². The van der Waals surface area contributed by atoms with Crippen LogP contribution in [0.4, 0.5) is 5.82 Å². The van der Waals surface area contributed by atoms with Crippen LogP contribution in [0, 0.1) is 13.8 Å². The molecule has 1 aromatic carbocycles. The van der Waals surface area contributed by atoms with Gasteiger partial charge in [0, 0.05) is 18.3 Å². The predicted molar refractivity (Wildman–Crippen MR) is 90.5 cm³/mol. The normalized spacial score (nSPS) is 16.9. The van der Waals surface area contributed by atoms with Gasteiger partial charge in [-0.1, -0.05) is 0 Å². The van der Waals surface area contributed by atoms with E-state index in [1.54, 1.807) is 14.2 Å². The number of aryl methyl sites for hydroxylation is 2. The SMILES string of the molecule is COc1cc2c(cc1OC)C(C)N(c1cc(C)nc(C)n1)CC2. The highest BCUT2D eigenvalue weighted by atomic mass is 16.5. The number of hydrogen-bond acceptors (Lipinski definition) is 5. The van der Waals surface area contributed by atoms with E-state index in [1.807, 2.05) is 13.8 Å². The topological polar surface area (TPSA) is 47.5 Å². The molecule has 0 amide bonds. The predicted octanol–water partition coefficient (Wildman–Crippen LogP) is 3.23. The summed E-state index contributed by atoms with van der Waals surface area (Å²) in [6, 6.07) is 6.46. The summed E-state index contributed by atoms with van der Waals surface area (Å²) < 4.78 is 10.9. The van der Waals surface area contributed by atoms with E-state index < -0.39 is 0 Å². The molecule has 1 atom stereocenters. The third-order valence-electron chi connectivity index (χ3n) is 4.43. The lowest BCUT2D eigenvalue weighted by molar-refractivity contribution is 0.353. The van der Waals surface area contributed by atoms with Crippen LogP contribution in [0.5, 0.6) is 11.5 Å². The van der Waals surface area contributed by atoms with Crippen LogP contribution >= 0.6 is 0 Å². The van der Waals surface area contributed by atoms with Crippen LogP contribution in [0.1, 0.15) is 35.6 Å². The molecule has 1 unspecified atom stereocenters. The summed E-state index contributed by atoms with van der Waals surface area (Å²) in [5.41, 5.74) is 3.58. The summed E-state index contributed by atoms with van der Waals surface area (Å²) in [7, 11) is 3.35. The molecule has 1 aliphatic rings. The highest BCUT2D eigenvalue weighted by Crippen LogP contribution is 2.39. The van der Waals surface area contributed by atoms with Crippen LogP contribution in [0.25, 0.3) is 0 Å². The summed E-state index contributed by atoms with van der Waals surface area (Å²) in [5, 5.41) is 0. The van der Waals surface area contributed by atoms with Gasteiger partial charge in [0.2, 0.25) is 0 Å². The number of hydrogen-bond donors (Lipinski definition) is 0. The van der Waals surface area contributed by atoms with Gasteiger partial charge in [-0.15, -0.1) is 0 Å². The van der Waals surface area contributed by atoms with Crippen molar-refractivity contribution in [2.75, 3.05) is 25.7 Å². The largest absolute Gasteiger partial charge is 0.493 e. The van der Waals surface area contributed by atoms with E-state index >= 15 is 0 Å². The molecular weight excluding hydrogens is 290 g/mol. The molecule has 23 heavy (non-hydrogen) atoms. The van der Waals surface area contributed by atoms with E-state index in [9.17, 15) is 0 Å². The quantitative estimate of drug-likeness (QED) is 0.870. The van der Waals surface area contributed by atoms with Crippen molar-refractivity contribution in [3.05, 3.63) is 40.8 Å². The van der Waals surface area contributed by atoms with E-state index in [-0.39, 0.29) is 6.04 Å². The lowest BCUT2D eigenvalue weighted by Gasteiger charge is -2.36. The van der Waals surface area contributed by atoms with E-state index in [1.165, 1.54) is 11.1 Å². The zero-order chi connectivity index (χ0) is 16.6. The van der Waals surface area contributed by atoms with Gasteiger partial charge >= 0.3 is 0 Å². The minimum atomic E-state index is 0.229. The van der Waals surface area contributed by atoms with Crippen molar-refractivity contribution in [1.29, 1.82) is 0 Å². The minimum Gasteiger partial charge on any atom is -0.493 e. The second kappa shape index (κ2) is 6.07. The number of anilines is 1. The van der Waals surface area contributed by atoms with Crippen molar-refractivity contribution in [3.63, 3.8) is 0 Å². The summed E-state index contributed by atoms with van der Waals surface area (Å²) in [4.78, 5) is 11.3. The molecule has 122 valence electrons. The molecule has 0 bridgehead atoms. The number of rotatable bonds is 3. The first-order chi connectivity index (χ1) is 11.0. The molecule has 1 aliphatic heterocycles. The zero-order valence-electron chi connectivity index (χ0n) is 14.4. The molecule has 2 heterocycles. The van der Waals surface area contributed by atoms with Crippen LogP contribution in [-0.4, -0.2) is 30.7 Å². The molecule has 0 radical (unpaired) electrons. The third kappa shape index (κ3) is 2.83. The van der Waals surface area contributed by atoms with Crippen molar-refractivity contribution < 1.29 is 9.47 Å². The highest BCUT2D eigenvalue weighted by molar-refractivity contribution is 5.54. The molecule has 0 fully saturated rings. The van der Waals surface area contributed by atoms with Gasteiger partial charge < -0.3 is 14.4 Å². The van der Waals surface area contributed by atoms with Gasteiger partial charge in [0.25, 0.3) is 0 Å². The average molecular weight is 313 g/mol. The molecule has 0 spiro atoms. The number of fused-ring (bicyclic) bond motifs is 1. The summed E-state index contributed by atoms with van der Waals surface area (Å²) in [6.07, 6.45) is 0.960. The Kier molecular flexibility index (Phi) is 4.11. The highest BCUT2D eigenvalue weighted by Gasteiger charge is 2.27. The van der Waals surface area contributed by atoms with E-state index in [4.69, 9.17) is 9.47 Å². The molecule has 0 N–H and O–H groups in total. The van der Waals surface area contributed by atoms with E-state index in [0.717, 1.165) is 41.8 Å². The number of ether oxygens (including phenoxy) is 2. The molecule has 1 aromatic heterocycles. The molecule has 5 heteroatoms. The number of nitrogens with zero attached hydrogens (tertiary/aromatic N) is 3. The first kappa shape index (κ1) is 15.6. The van der Waals surface area contributed by atoms with E-state index in [0.29, 0.717) is 0 Å². The van der Waals surface area contributed by atoms with Crippen LogP contribution in [-0.2, 0) is 6.42 Å². The van der Waals surface area contributed by atoms with Crippen LogP contribution in [0.2, 0.25) is 0 Å². The minimum absolute atomic E-state index is 0.229. The summed E-state index contributed by atoms with van der Waals surface area (Å²) in [5.74, 6) is 3.36. The first-order valence-corrected chi connectivity index (χ1v) is 7.87. The standard InChI is InChI=1S/C18H23N3O2/c1-11-8-18(20-13(3)19-11)21-7-6-14-9-16(22-4)17(23-5)10-15(14)12(21)2/h8-10,12H,6-7H2,1-5H3. The Hall–Kier alpha value is -2.30. The second-order valence-corrected chi connectivity index (χ2v) is 5.94. The average Bonchev–Trinajstić information content (AvgIpc) is 2.53. The zero-order valence-corrected chi connectivity index (χ0v) is 14.4. The number of aromatic nitrogens is 2. The van der Waals surface area contributed by atoms with Crippen LogP contribution < -0.4 is 14.4 Å². The van der Waals surface area contributed by atoms with Crippen molar-refractivity contribution in [2.24, 2.45) is 0 Å². The smallest absolute Gasteiger partial charge is 0.161 e. The monoisotopic (exact) mass is 313 g/mol. The van der Waals surface area contributed by atoms with Gasteiger partial charge in [0.15, 0.2) is 11.5 Å². The second-order valence-electron chi connectivity index (χ2n) is 5.94. The lowest BCUT2D eigenvalue weighted by atomic mass is 9.92. The Morgan fingerprint density at radius 2 is 1.74 bits per heavy atom. The van der Waals surface area contributed by atoms with Crippen LogP contribution in [0.15, 0.2) is 18.2 Å². The first-order valence-electron chi connectivity index (χ1n) is 7.87. The molecule has 0 saturated heterocycles. The number of methoxy groups -OCH3 is 2. The molecule has 0 aliphatic carbocycles. The summed E-state index contributed by atoms with van der Waals surface area (Å²) >= 11 is 0. The van der Waals surface area contributed by atoms with Gasteiger partial charge in [0.05, 0.1) is 20.3 Å².